The average molecular weight is 454 g/mol. The fourth-order valence-corrected chi connectivity index (χ4v) is 6.78. The van der Waals surface area contributed by atoms with Crippen LogP contribution in [0.25, 0.3) is 0 Å². The molecule has 168 valence electrons. The summed E-state index contributed by atoms with van der Waals surface area (Å²) >= 11 is 0. The summed E-state index contributed by atoms with van der Waals surface area (Å²) in [6.07, 6.45) is 6.27. The number of anilines is 1. The Bertz CT molecular complexity index is 1250. The van der Waals surface area contributed by atoms with Gasteiger partial charge < -0.3 is 10.4 Å². The second-order valence-electron chi connectivity index (χ2n) is 9.53. The molecule has 0 spiro atoms. The number of aryl methyl sites for hydroxylation is 2. The van der Waals surface area contributed by atoms with Crippen LogP contribution in [-0.4, -0.2) is 26.9 Å². The van der Waals surface area contributed by atoms with Crippen molar-refractivity contribution in [3.8, 4) is 0 Å². The molecule has 2 aromatic carbocycles. The Labute approximate surface area is 187 Å². The molecule has 32 heavy (non-hydrogen) atoms. The molecule has 5 rings (SSSR count). The lowest BCUT2D eigenvalue weighted by atomic mass is 9.98. The van der Waals surface area contributed by atoms with Crippen LogP contribution in [0.3, 0.4) is 0 Å². The van der Waals surface area contributed by atoms with Gasteiger partial charge in [0.15, 0.2) is 9.92 Å². The molecule has 3 N–H and O–H groups in total. The van der Waals surface area contributed by atoms with Gasteiger partial charge in [-0.25, -0.2) is 9.00 Å². The fraction of sp³-hybridized carbons (Fsp3) is 0.417. The zero-order valence-electron chi connectivity index (χ0n) is 18.3. The quantitative estimate of drug-likeness (QED) is 0.659. The first-order valence-corrected chi connectivity index (χ1v) is 12.6. The van der Waals surface area contributed by atoms with Crippen molar-refractivity contribution >= 4 is 27.5 Å². The van der Waals surface area contributed by atoms with E-state index in [4.69, 9.17) is 0 Å². The molecule has 1 aliphatic heterocycles. The van der Waals surface area contributed by atoms with Crippen LogP contribution >= 0.6 is 0 Å². The number of fused-ring (bicyclic) bond motifs is 3. The number of carbonyl (C=O) groups is 2. The summed E-state index contributed by atoms with van der Waals surface area (Å²) in [4.78, 5) is 25.5. The first kappa shape index (κ1) is 21.2. The number of nitrogens with one attached hydrogen (secondary N) is 2. The summed E-state index contributed by atoms with van der Waals surface area (Å²) in [5, 5.41) is 13.0. The summed E-state index contributed by atoms with van der Waals surface area (Å²) in [5.41, 5.74) is 5.70. The molecule has 0 saturated heterocycles. The molecule has 8 heteroatoms. The number of nitrogens with zero attached hydrogens (tertiary/aromatic N) is 1. The number of aliphatic hydroxyl groups is 1. The normalized spacial score (nSPS) is 21.0. The highest BCUT2D eigenvalue weighted by Crippen LogP contribution is 2.39. The van der Waals surface area contributed by atoms with Crippen LogP contribution < -0.4 is 10.0 Å². The van der Waals surface area contributed by atoms with E-state index in [9.17, 15) is 18.9 Å². The fourth-order valence-electron chi connectivity index (χ4n) is 5.11. The molecule has 3 aliphatic rings. The predicted molar refractivity (Wildman–Crippen MR) is 122 cm³/mol. The first-order chi connectivity index (χ1) is 15.1. The van der Waals surface area contributed by atoms with Gasteiger partial charge in [-0.15, -0.1) is 4.36 Å². The first-order valence-electron chi connectivity index (χ1n) is 11.0. The van der Waals surface area contributed by atoms with E-state index < -0.39 is 27.5 Å². The molecule has 1 heterocycles. The Morgan fingerprint density at radius 3 is 2.41 bits per heavy atom. The molecule has 1 unspecified atom stereocenters. The van der Waals surface area contributed by atoms with Crippen LogP contribution in [0.1, 0.15) is 64.9 Å². The maximum Gasteiger partial charge on any atom is 0.355 e. The van der Waals surface area contributed by atoms with Crippen molar-refractivity contribution in [3.05, 3.63) is 57.6 Å². The van der Waals surface area contributed by atoms with Gasteiger partial charge >= 0.3 is 6.03 Å². The van der Waals surface area contributed by atoms with Crippen LogP contribution in [0.5, 0.6) is 0 Å². The number of benzene rings is 2. The number of hydrogen-bond donors (Lipinski definition) is 3. The van der Waals surface area contributed by atoms with Gasteiger partial charge in [-0.1, -0.05) is 12.1 Å². The Hall–Kier alpha value is -2.71. The van der Waals surface area contributed by atoms with Crippen molar-refractivity contribution in [1.82, 2.24) is 4.72 Å². The summed E-state index contributed by atoms with van der Waals surface area (Å²) in [7, 11) is -3.46. The van der Waals surface area contributed by atoms with Crippen LogP contribution in [0, 0.1) is 0 Å². The largest absolute Gasteiger partial charge is 0.390 e. The second kappa shape index (κ2) is 7.42. The smallest absolute Gasteiger partial charge is 0.355 e. The molecule has 0 fully saturated rings. The molecule has 2 aliphatic carbocycles. The Balaban J connectivity index is 1.51. The zero-order chi connectivity index (χ0) is 22.7. The van der Waals surface area contributed by atoms with Crippen molar-refractivity contribution in [2.24, 2.45) is 4.36 Å². The Kier molecular flexibility index (Phi) is 4.90. The van der Waals surface area contributed by atoms with Crippen LogP contribution in [0.4, 0.5) is 10.5 Å². The average Bonchev–Trinajstić information content (AvgIpc) is 3.39. The van der Waals surface area contributed by atoms with Gasteiger partial charge in [0.25, 0.3) is 5.91 Å². The van der Waals surface area contributed by atoms with E-state index in [1.54, 1.807) is 32.0 Å². The predicted octanol–water partition coefficient (Wildman–Crippen LogP) is 3.69. The van der Waals surface area contributed by atoms with Gasteiger partial charge in [-0.2, -0.15) is 0 Å². The topological polar surface area (TPSA) is 108 Å². The van der Waals surface area contributed by atoms with Crippen LogP contribution in [0.15, 0.2) is 33.5 Å². The molecule has 3 amide bonds. The standard InChI is InChI=1S/C24H27N3O4S/c1-24(2,30)13-14-9-10-19-20(11-14)32(31,26-22(19)28)27-23(29)25-21-17-7-3-5-15(17)12-16-6-4-8-18(16)21/h9-12,30H,3-8,13H2,1-2H3,(H2,25,26,27,28,29,31). The lowest BCUT2D eigenvalue weighted by molar-refractivity contribution is 0.0809. The molecular formula is C24H27N3O4S. The molecule has 0 saturated carbocycles. The summed E-state index contributed by atoms with van der Waals surface area (Å²) in [5.74, 6) is -0.516. The molecule has 2 aromatic rings. The van der Waals surface area contributed by atoms with Crippen LogP contribution in [-0.2, 0) is 42.0 Å². The van der Waals surface area contributed by atoms with E-state index in [1.807, 2.05) is 0 Å². The van der Waals surface area contributed by atoms with Crippen molar-refractivity contribution in [2.75, 3.05) is 5.32 Å². The minimum Gasteiger partial charge on any atom is -0.390 e. The van der Waals surface area contributed by atoms with Gasteiger partial charge in [0, 0.05) is 12.1 Å². The van der Waals surface area contributed by atoms with E-state index in [-0.39, 0.29) is 10.5 Å². The minimum atomic E-state index is -3.46. The monoisotopic (exact) mass is 453 g/mol. The highest BCUT2D eigenvalue weighted by Gasteiger charge is 2.33. The SMILES string of the molecule is CC(C)(O)Cc1ccc2c(c1)S(=O)(=NC(=O)Nc1c3c(cc4c1CCC4)CCC3)NC2=O. The van der Waals surface area contributed by atoms with E-state index in [0.717, 1.165) is 60.9 Å². The van der Waals surface area contributed by atoms with E-state index in [2.05, 4.69) is 20.5 Å². The van der Waals surface area contributed by atoms with Gasteiger partial charge in [-0.05, 0) is 92.3 Å². The summed E-state index contributed by atoms with van der Waals surface area (Å²) < 4.78 is 20.0. The van der Waals surface area contributed by atoms with Gasteiger partial charge in [0.2, 0.25) is 0 Å². The molecule has 7 nitrogen and oxygen atoms in total. The summed E-state index contributed by atoms with van der Waals surface area (Å²) in [6, 6.07) is 6.45. The molecular weight excluding hydrogens is 426 g/mol. The van der Waals surface area contributed by atoms with Crippen molar-refractivity contribution < 1.29 is 18.9 Å². The zero-order valence-corrected chi connectivity index (χ0v) is 19.1. The van der Waals surface area contributed by atoms with E-state index >= 15 is 0 Å². The van der Waals surface area contributed by atoms with Crippen LogP contribution in [0.2, 0.25) is 0 Å². The lowest BCUT2D eigenvalue weighted by Gasteiger charge is -2.17. The number of hydrogen-bond acceptors (Lipinski definition) is 4. The third-order valence-corrected chi connectivity index (χ3v) is 8.19. The van der Waals surface area contributed by atoms with Crippen molar-refractivity contribution in [2.45, 2.75) is 69.3 Å². The molecule has 0 radical (unpaired) electrons. The molecule has 1 atom stereocenters. The third kappa shape index (κ3) is 3.71. The molecule has 0 bridgehead atoms. The highest BCUT2D eigenvalue weighted by molar-refractivity contribution is 7.93. The second-order valence-corrected chi connectivity index (χ2v) is 11.4. The number of carbonyl (C=O) groups excluding carboxylic acids is 2. The number of urea groups is 1. The number of amides is 3. The maximum atomic E-state index is 13.6. The number of rotatable bonds is 3. The van der Waals surface area contributed by atoms with Gasteiger partial charge in [0.05, 0.1) is 16.1 Å². The Morgan fingerprint density at radius 2 is 1.78 bits per heavy atom. The van der Waals surface area contributed by atoms with E-state index in [0.29, 0.717) is 6.42 Å². The summed E-state index contributed by atoms with van der Waals surface area (Å²) in [6.45, 7) is 3.35. The lowest BCUT2D eigenvalue weighted by Crippen LogP contribution is -2.24. The third-order valence-electron chi connectivity index (χ3n) is 6.37. The van der Waals surface area contributed by atoms with Gasteiger partial charge in [0.1, 0.15) is 0 Å². The molecule has 0 aromatic heterocycles. The van der Waals surface area contributed by atoms with Crippen molar-refractivity contribution in [1.29, 1.82) is 0 Å². The van der Waals surface area contributed by atoms with E-state index in [1.165, 1.54) is 11.1 Å². The van der Waals surface area contributed by atoms with Crippen molar-refractivity contribution in [3.63, 3.8) is 0 Å². The highest BCUT2D eigenvalue weighted by atomic mass is 32.2. The Morgan fingerprint density at radius 1 is 1.12 bits per heavy atom. The maximum absolute atomic E-state index is 13.6. The minimum absolute atomic E-state index is 0.197. The van der Waals surface area contributed by atoms with Gasteiger partial charge in [-0.3, -0.25) is 9.52 Å².